The number of aryl methyl sites for hydroxylation is 1. The minimum absolute atomic E-state index is 0.174. The summed E-state index contributed by atoms with van der Waals surface area (Å²) in [7, 11) is 1.66. The van der Waals surface area contributed by atoms with Crippen LogP contribution in [0.15, 0.2) is 18.2 Å². The van der Waals surface area contributed by atoms with Gasteiger partial charge in [-0.1, -0.05) is 0 Å². The second-order valence-corrected chi connectivity index (χ2v) is 5.05. The highest BCUT2D eigenvalue weighted by atomic mass is 19.1. The molecular formula is C14H18FNO2. The van der Waals surface area contributed by atoms with Crippen molar-refractivity contribution < 1.29 is 14.3 Å². The average molecular weight is 251 g/mol. The molecule has 0 heterocycles. The Hall–Kier alpha value is -1.42. The lowest BCUT2D eigenvalue weighted by Gasteiger charge is -2.21. The summed E-state index contributed by atoms with van der Waals surface area (Å²) in [4.78, 5) is 13.7. The molecule has 1 aliphatic carbocycles. The van der Waals surface area contributed by atoms with E-state index in [0.717, 1.165) is 12.8 Å². The van der Waals surface area contributed by atoms with Gasteiger partial charge in [0.2, 0.25) is 0 Å². The summed E-state index contributed by atoms with van der Waals surface area (Å²) in [6, 6.07) is 4.12. The van der Waals surface area contributed by atoms with E-state index in [4.69, 9.17) is 0 Å². The van der Waals surface area contributed by atoms with Crippen LogP contribution in [-0.2, 0) is 0 Å². The van der Waals surface area contributed by atoms with Crippen molar-refractivity contribution >= 4 is 5.91 Å². The number of aliphatic hydroxyl groups is 1. The standard InChI is InChI=1S/C14H18FNO2/c1-9-7-11(15)5-6-12(9)14(18)16(2)8-13(17)10-3-4-10/h5-7,10,13,17H,3-4,8H2,1-2H3. The second-order valence-electron chi connectivity index (χ2n) is 5.05. The molecule has 1 N–H and O–H groups in total. The van der Waals surface area contributed by atoms with Gasteiger partial charge in [0, 0.05) is 19.2 Å². The van der Waals surface area contributed by atoms with E-state index in [1.807, 2.05) is 0 Å². The van der Waals surface area contributed by atoms with Gasteiger partial charge in [-0.15, -0.1) is 0 Å². The summed E-state index contributed by atoms with van der Waals surface area (Å²) in [6.07, 6.45) is 1.64. The molecule has 0 aromatic heterocycles. The maximum absolute atomic E-state index is 13.0. The Morgan fingerprint density at radius 2 is 2.22 bits per heavy atom. The molecule has 0 saturated heterocycles. The van der Waals surface area contributed by atoms with Crippen molar-refractivity contribution in [2.45, 2.75) is 25.9 Å². The molecule has 18 heavy (non-hydrogen) atoms. The van der Waals surface area contributed by atoms with E-state index in [-0.39, 0.29) is 11.7 Å². The quantitative estimate of drug-likeness (QED) is 0.889. The van der Waals surface area contributed by atoms with Gasteiger partial charge in [-0.05, 0) is 49.4 Å². The molecule has 0 bridgehead atoms. The topological polar surface area (TPSA) is 40.5 Å². The second kappa shape index (κ2) is 5.06. The first-order chi connectivity index (χ1) is 8.49. The van der Waals surface area contributed by atoms with Crippen molar-refractivity contribution in [3.8, 4) is 0 Å². The molecule has 1 aromatic rings. The zero-order chi connectivity index (χ0) is 13.3. The van der Waals surface area contributed by atoms with Crippen LogP contribution in [0.2, 0.25) is 0 Å². The van der Waals surface area contributed by atoms with Gasteiger partial charge in [0.25, 0.3) is 5.91 Å². The number of benzene rings is 1. The van der Waals surface area contributed by atoms with Gasteiger partial charge in [0.05, 0.1) is 6.10 Å². The van der Waals surface area contributed by atoms with Gasteiger partial charge < -0.3 is 10.0 Å². The number of hydrogen-bond donors (Lipinski definition) is 1. The van der Waals surface area contributed by atoms with Crippen molar-refractivity contribution in [3.05, 3.63) is 35.1 Å². The molecule has 1 saturated carbocycles. The van der Waals surface area contributed by atoms with Crippen LogP contribution in [0.25, 0.3) is 0 Å². The fourth-order valence-corrected chi connectivity index (χ4v) is 2.07. The molecule has 98 valence electrons. The summed E-state index contributed by atoms with van der Waals surface area (Å²) < 4.78 is 13.0. The van der Waals surface area contributed by atoms with Gasteiger partial charge in [-0.2, -0.15) is 0 Å². The van der Waals surface area contributed by atoms with E-state index >= 15 is 0 Å². The largest absolute Gasteiger partial charge is 0.391 e. The van der Waals surface area contributed by atoms with E-state index in [1.54, 1.807) is 14.0 Å². The lowest BCUT2D eigenvalue weighted by atomic mass is 10.1. The summed E-state index contributed by atoms with van der Waals surface area (Å²) in [6.45, 7) is 2.04. The third kappa shape index (κ3) is 2.88. The number of carbonyl (C=O) groups excluding carboxylic acids is 1. The predicted octanol–water partition coefficient (Wildman–Crippen LogP) is 1.98. The Labute approximate surface area is 106 Å². The summed E-state index contributed by atoms with van der Waals surface area (Å²) in [5, 5.41) is 9.81. The fourth-order valence-electron chi connectivity index (χ4n) is 2.07. The molecule has 1 aliphatic rings. The molecule has 0 radical (unpaired) electrons. The molecule has 3 nitrogen and oxygen atoms in total. The van der Waals surface area contributed by atoms with Crippen LogP contribution in [0.4, 0.5) is 4.39 Å². The maximum Gasteiger partial charge on any atom is 0.253 e. The highest BCUT2D eigenvalue weighted by molar-refractivity contribution is 5.95. The van der Waals surface area contributed by atoms with Crippen LogP contribution in [0, 0.1) is 18.7 Å². The van der Waals surface area contributed by atoms with Gasteiger partial charge in [-0.3, -0.25) is 4.79 Å². The van der Waals surface area contributed by atoms with E-state index < -0.39 is 6.10 Å². The molecule has 1 unspecified atom stereocenters. The van der Waals surface area contributed by atoms with E-state index in [2.05, 4.69) is 0 Å². The molecule has 2 rings (SSSR count). The number of likely N-dealkylation sites (N-methyl/N-ethyl adjacent to an activating group) is 1. The number of halogens is 1. The van der Waals surface area contributed by atoms with Crippen molar-refractivity contribution in [1.82, 2.24) is 4.90 Å². The summed E-state index contributed by atoms with van der Waals surface area (Å²) in [5.74, 6) is -0.175. The lowest BCUT2D eigenvalue weighted by Crippen LogP contribution is -2.35. The van der Waals surface area contributed by atoms with Crippen molar-refractivity contribution in [1.29, 1.82) is 0 Å². The number of hydrogen-bond acceptors (Lipinski definition) is 2. The van der Waals surface area contributed by atoms with Crippen LogP contribution < -0.4 is 0 Å². The molecule has 1 amide bonds. The van der Waals surface area contributed by atoms with Crippen LogP contribution >= 0.6 is 0 Å². The Balaban J connectivity index is 2.04. The first kappa shape index (κ1) is 13.0. The summed E-state index contributed by atoms with van der Waals surface area (Å²) in [5.41, 5.74) is 1.11. The van der Waals surface area contributed by atoms with E-state index in [0.29, 0.717) is 23.6 Å². The Morgan fingerprint density at radius 3 is 2.78 bits per heavy atom. The highest BCUT2D eigenvalue weighted by Crippen LogP contribution is 2.32. The molecule has 1 aromatic carbocycles. The molecule has 0 aliphatic heterocycles. The van der Waals surface area contributed by atoms with E-state index in [9.17, 15) is 14.3 Å². The Bertz CT molecular complexity index is 457. The molecule has 4 heteroatoms. The third-order valence-electron chi connectivity index (χ3n) is 3.39. The van der Waals surface area contributed by atoms with Gasteiger partial charge in [0.15, 0.2) is 0 Å². The Kier molecular flexibility index (Phi) is 3.66. The smallest absolute Gasteiger partial charge is 0.253 e. The number of amides is 1. The van der Waals surface area contributed by atoms with Gasteiger partial charge in [0.1, 0.15) is 5.82 Å². The van der Waals surface area contributed by atoms with Crippen molar-refractivity contribution in [2.75, 3.05) is 13.6 Å². The molecule has 1 atom stereocenters. The van der Waals surface area contributed by atoms with Gasteiger partial charge >= 0.3 is 0 Å². The van der Waals surface area contributed by atoms with E-state index in [1.165, 1.54) is 23.1 Å². The maximum atomic E-state index is 13.0. The molecular weight excluding hydrogens is 233 g/mol. The third-order valence-corrected chi connectivity index (χ3v) is 3.39. The van der Waals surface area contributed by atoms with Gasteiger partial charge in [-0.25, -0.2) is 4.39 Å². The zero-order valence-electron chi connectivity index (χ0n) is 10.7. The van der Waals surface area contributed by atoms with Crippen LogP contribution in [0.3, 0.4) is 0 Å². The highest BCUT2D eigenvalue weighted by Gasteiger charge is 2.31. The average Bonchev–Trinajstić information content (AvgIpc) is 3.11. The monoisotopic (exact) mass is 251 g/mol. The number of rotatable bonds is 4. The van der Waals surface area contributed by atoms with Crippen molar-refractivity contribution in [3.63, 3.8) is 0 Å². The number of aliphatic hydroxyl groups excluding tert-OH is 1. The minimum atomic E-state index is -0.445. The number of nitrogens with zero attached hydrogens (tertiary/aromatic N) is 1. The SMILES string of the molecule is Cc1cc(F)ccc1C(=O)N(C)CC(O)C1CC1. The zero-order valence-corrected chi connectivity index (χ0v) is 10.7. The molecule has 1 fully saturated rings. The van der Waals surface area contributed by atoms with Crippen LogP contribution in [0.5, 0.6) is 0 Å². The fraction of sp³-hybridized carbons (Fsp3) is 0.500. The first-order valence-corrected chi connectivity index (χ1v) is 6.18. The summed E-state index contributed by atoms with van der Waals surface area (Å²) >= 11 is 0. The molecule has 0 spiro atoms. The first-order valence-electron chi connectivity index (χ1n) is 6.18. The van der Waals surface area contributed by atoms with Crippen molar-refractivity contribution in [2.24, 2.45) is 5.92 Å². The van der Waals surface area contributed by atoms with Crippen LogP contribution in [-0.4, -0.2) is 35.6 Å². The Morgan fingerprint density at radius 1 is 1.56 bits per heavy atom. The minimum Gasteiger partial charge on any atom is -0.391 e. The van der Waals surface area contributed by atoms with Crippen LogP contribution in [0.1, 0.15) is 28.8 Å². The normalized spacial score (nSPS) is 16.4. The predicted molar refractivity (Wildman–Crippen MR) is 66.8 cm³/mol. The lowest BCUT2D eigenvalue weighted by molar-refractivity contribution is 0.0644. The number of carbonyl (C=O) groups is 1.